The first-order valence-electron chi connectivity index (χ1n) is 14.2. The molecular weight excluding hydrogens is 576 g/mol. The number of rotatable bonds is 9. The van der Waals surface area contributed by atoms with Crippen molar-refractivity contribution < 1.29 is 18.3 Å². The molecule has 44 heavy (non-hydrogen) atoms. The van der Waals surface area contributed by atoms with Crippen molar-refractivity contribution in [1.82, 2.24) is 14.9 Å². The second kappa shape index (κ2) is 13.3. The Labute approximate surface area is 257 Å². The van der Waals surface area contributed by atoms with Crippen LogP contribution >= 0.6 is 0 Å². The van der Waals surface area contributed by atoms with Gasteiger partial charge in [0, 0.05) is 37.9 Å². The van der Waals surface area contributed by atoms with E-state index in [1.165, 1.54) is 6.08 Å². The number of likely N-dealkylation sites (tertiary alicyclic amines) is 1. The van der Waals surface area contributed by atoms with Crippen LogP contribution < -0.4 is 15.2 Å². The molecule has 5 rings (SSSR count). The summed E-state index contributed by atoms with van der Waals surface area (Å²) >= 11 is 0. The summed E-state index contributed by atoms with van der Waals surface area (Å²) in [5.74, 6) is 1.69. The fraction of sp³-hybridized carbons (Fsp3) is 0.242. The lowest BCUT2D eigenvalue weighted by molar-refractivity contribution is 0.211. The number of aromatic hydroxyl groups is 1. The number of phenolic OH excluding ortho intramolecular Hbond substituents is 1. The standard InChI is InChI=1S/C33H34N6O4S/c1-22-18-25(4-3-15-34)19-23(2)31(22)43-32-30(26-7-9-28(40)10-8-26)20-36-33(38-32)37-27-13-16-39(17-14-27)21-24-5-11-29(12-6-24)44(35,41)42/h3-12,18-20,27,40H,13-14,16-17,21H2,1-2H3,(H2,35,41,42)(H,36,37,38)/b4-3+. The van der Waals surface area contributed by atoms with Gasteiger partial charge >= 0.3 is 0 Å². The molecule has 0 saturated carbocycles. The van der Waals surface area contributed by atoms with Crippen molar-refractivity contribution in [3.8, 4) is 34.6 Å². The van der Waals surface area contributed by atoms with E-state index in [2.05, 4.69) is 15.2 Å². The average Bonchev–Trinajstić information content (AvgIpc) is 2.99. The zero-order chi connectivity index (χ0) is 31.3. The number of ether oxygens (including phenoxy) is 1. The van der Waals surface area contributed by atoms with Crippen LogP contribution in [0.4, 0.5) is 5.95 Å². The molecule has 0 bridgehead atoms. The number of piperidine rings is 1. The van der Waals surface area contributed by atoms with Gasteiger partial charge in [-0.3, -0.25) is 4.90 Å². The highest BCUT2D eigenvalue weighted by Crippen LogP contribution is 2.36. The van der Waals surface area contributed by atoms with Gasteiger partial charge in [0.2, 0.25) is 21.9 Å². The zero-order valence-corrected chi connectivity index (χ0v) is 25.4. The number of nitrogens with zero attached hydrogens (tertiary/aromatic N) is 4. The lowest BCUT2D eigenvalue weighted by Crippen LogP contribution is -2.39. The summed E-state index contributed by atoms with van der Waals surface area (Å²) in [4.78, 5) is 11.8. The molecule has 2 heterocycles. The summed E-state index contributed by atoms with van der Waals surface area (Å²) < 4.78 is 29.5. The van der Waals surface area contributed by atoms with Crippen molar-refractivity contribution in [2.75, 3.05) is 18.4 Å². The number of benzene rings is 3. The first-order chi connectivity index (χ1) is 21.1. The number of sulfonamides is 1. The summed E-state index contributed by atoms with van der Waals surface area (Å²) in [5, 5.41) is 27.4. The minimum absolute atomic E-state index is 0.110. The maximum Gasteiger partial charge on any atom is 0.238 e. The molecular formula is C33H34N6O4S. The normalized spacial score (nSPS) is 14.4. The molecule has 11 heteroatoms. The molecule has 3 aromatic carbocycles. The van der Waals surface area contributed by atoms with E-state index in [9.17, 15) is 13.5 Å². The van der Waals surface area contributed by atoms with Crippen LogP contribution in [0.5, 0.6) is 17.4 Å². The summed E-state index contributed by atoms with van der Waals surface area (Å²) in [6.45, 7) is 6.34. The van der Waals surface area contributed by atoms with Crippen LogP contribution in [0.25, 0.3) is 17.2 Å². The maximum absolute atomic E-state index is 11.5. The monoisotopic (exact) mass is 610 g/mol. The van der Waals surface area contributed by atoms with Gasteiger partial charge in [0.15, 0.2) is 0 Å². The fourth-order valence-electron chi connectivity index (χ4n) is 5.28. The second-order valence-electron chi connectivity index (χ2n) is 10.9. The number of primary sulfonamides is 1. The Hall–Kier alpha value is -4.76. The van der Waals surface area contributed by atoms with Crippen molar-refractivity contribution in [2.45, 2.75) is 44.2 Å². The Morgan fingerprint density at radius 2 is 1.75 bits per heavy atom. The lowest BCUT2D eigenvalue weighted by atomic mass is 10.0. The van der Waals surface area contributed by atoms with Gasteiger partial charge in [-0.25, -0.2) is 18.5 Å². The molecule has 0 radical (unpaired) electrons. The van der Waals surface area contributed by atoms with Crippen molar-refractivity contribution >= 4 is 22.0 Å². The van der Waals surface area contributed by atoms with E-state index in [0.29, 0.717) is 23.1 Å². The van der Waals surface area contributed by atoms with E-state index in [1.54, 1.807) is 60.8 Å². The highest BCUT2D eigenvalue weighted by Gasteiger charge is 2.22. The van der Waals surface area contributed by atoms with E-state index in [1.807, 2.05) is 32.0 Å². The van der Waals surface area contributed by atoms with E-state index in [4.69, 9.17) is 20.1 Å². The average molecular weight is 611 g/mol. The molecule has 0 unspecified atom stereocenters. The second-order valence-corrected chi connectivity index (χ2v) is 12.5. The number of hydrogen-bond acceptors (Lipinski definition) is 9. The van der Waals surface area contributed by atoms with Crippen LogP contribution in [0.3, 0.4) is 0 Å². The number of aromatic nitrogens is 2. The third-order valence-corrected chi connectivity index (χ3v) is 8.47. The molecule has 10 nitrogen and oxygen atoms in total. The Kier molecular flexibility index (Phi) is 9.25. The predicted molar refractivity (Wildman–Crippen MR) is 170 cm³/mol. The number of nitrogens with two attached hydrogens (primary N) is 1. The molecule has 0 amide bonds. The maximum atomic E-state index is 11.5. The zero-order valence-electron chi connectivity index (χ0n) is 24.6. The highest BCUT2D eigenvalue weighted by molar-refractivity contribution is 7.89. The lowest BCUT2D eigenvalue weighted by Gasteiger charge is -2.32. The molecule has 1 saturated heterocycles. The van der Waals surface area contributed by atoms with Crippen molar-refractivity contribution in [3.63, 3.8) is 0 Å². The van der Waals surface area contributed by atoms with Crippen LogP contribution in [0, 0.1) is 25.2 Å². The van der Waals surface area contributed by atoms with Gasteiger partial charge in [0.05, 0.1) is 16.5 Å². The van der Waals surface area contributed by atoms with Gasteiger partial charge < -0.3 is 15.2 Å². The van der Waals surface area contributed by atoms with Gasteiger partial charge in [-0.1, -0.05) is 24.3 Å². The highest BCUT2D eigenvalue weighted by atomic mass is 32.2. The summed E-state index contributed by atoms with van der Waals surface area (Å²) in [6, 6.07) is 19.6. The van der Waals surface area contributed by atoms with Crippen LogP contribution in [-0.4, -0.2) is 47.5 Å². The predicted octanol–water partition coefficient (Wildman–Crippen LogP) is 5.52. The minimum Gasteiger partial charge on any atom is -0.508 e. The van der Waals surface area contributed by atoms with Crippen molar-refractivity contribution in [3.05, 3.63) is 95.2 Å². The van der Waals surface area contributed by atoms with Crippen molar-refractivity contribution in [1.29, 1.82) is 5.26 Å². The van der Waals surface area contributed by atoms with Crippen molar-refractivity contribution in [2.24, 2.45) is 5.14 Å². The molecule has 0 aliphatic carbocycles. The Morgan fingerprint density at radius 1 is 1.09 bits per heavy atom. The largest absolute Gasteiger partial charge is 0.508 e. The summed E-state index contributed by atoms with van der Waals surface area (Å²) in [6.07, 6.45) is 6.69. The number of anilines is 1. The third-order valence-electron chi connectivity index (χ3n) is 7.54. The Balaban J connectivity index is 1.31. The van der Waals surface area contributed by atoms with Gasteiger partial charge in [-0.2, -0.15) is 10.2 Å². The first-order valence-corrected chi connectivity index (χ1v) is 15.8. The molecule has 226 valence electrons. The summed E-state index contributed by atoms with van der Waals surface area (Å²) in [7, 11) is -3.71. The molecule has 4 N–H and O–H groups in total. The van der Waals surface area contributed by atoms with E-state index < -0.39 is 10.0 Å². The van der Waals surface area contributed by atoms with Gasteiger partial charge in [-0.15, -0.1) is 0 Å². The number of aryl methyl sites for hydroxylation is 2. The first kappa shape index (κ1) is 30.7. The number of nitrogens with one attached hydrogen (secondary N) is 1. The molecule has 0 atom stereocenters. The summed E-state index contributed by atoms with van der Waals surface area (Å²) in [5.41, 5.74) is 5.23. The van der Waals surface area contributed by atoms with Crippen LogP contribution in [0.1, 0.15) is 35.1 Å². The number of hydrogen-bond donors (Lipinski definition) is 3. The van der Waals surface area contributed by atoms with Crippen LogP contribution in [0.15, 0.2) is 77.8 Å². The van der Waals surface area contributed by atoms with Crippen LogP contribution in [0.2, 0.25) is 0 Å². The van der Waals surface area contributed by atoms with Crippen LogP contribution in [-0.2, 0) is 16.6 Å². The molecule has 0 spiro atoms. The topological polar surface area (TPSA) is 154 Å². The Morgan fingerprint density at radius 3 is 2.36 bits per heavy atom. The molecule has 1 aliphatic rings. The van der Waals surface area contributed by atoms with Gasteiger partial charge in [-0.05, 0) is 97.0 Å². The van der Waals surface area contributed by atoms with E-state index in [0.717, 1.165) is 60.3 Å². The minimum atomic E-state index is -3.71. The van der Waals surface area contributed by atoms with E-state index >= 15 is 0 Å². The molecule has 1 aromatic heterocycles. The fourth-order valence-corrected chi connectivity index (χ4v) is 5.80. The van der Waals surface area contributed by atoms with Gasteiger partial charge in [0.25, 0.3) is 0 Å². The third kappa shape index (κ3) is 7.60. The SMILES string of the molecule is Cc1cc(/C=C/C#N)cc(C)c1Oc1nc(NC2CCN(Cc3ccc(S(N)(=O)=O)cc3)CC2)ncc1-c1ccc(O)cc1. The molecule has 4 aromatic rings. The smallest absolute Gasteiger partial charge is 0.238 e. The number of allylic oxidation sites excluding steroid dienone is 1. The van der Waals surface area contributed by atoms with E-state index in [-0.39, 0.29) is 16.7 Å². The number of nitriles is 1. The number of phenols is 1. The van der Waals surface area contributed by atoms with Gasteiger partial charge in [0.1, 0.15) is 11.5 Å². The molecule has 1 aliphatic heterocycles. The quantitative estimate of drug-likeness (QED) is 0.208. The molecule has 1 fully saturated rings. The Bertz CT molecular complexity index is 1790.